The van der Waals surface area contributed by atoms with Crippen LogP contribution in [-0.2, 0) is 9.53 Å². The molecule has 0 aromatic rings. The van der Waals surface area contributed by atoms with E-state index in [0.717, 1.165) is 6.42 Å². The third-order valence-corrected chi connectivity index (χ3v) is 2.48. The molecule has 2 heteroatoms. The molecule has 74 valence electrons. The zero-order chi connectivity index (χ0) is 10.0. The molecule has 0 saturated carbocycles. The quantitative estimate of drug-likeness (QED) is 0.613. The van der Waals surface area contributed by atoms with Crippen molar-refractivity contribution >= 4 is 5.78 Å². The molecule has 1 heterocycles. The van der Waals surface area contributed by atoms with Crippen molar-refractivity contribution in [2.24, 2.45) is 5.92 Å². The molecule has 1 rings (SSSR count). The van der Waals surface area contributed by atoms with E-state index in [1.807, 2.05) is 6.92 Å². The van der Waals surface area contributed by atoms with Crippen LogP contribution in [0.2, 0.25) is 0 Å². The second-order valence-electron chi connectivity index (χ2n) is 4.08. The first-order valence-corrected chi connectivity index (χ1v) is 4.81. The molecule has 3 atom stereocenters. The number of hydrogen-bond donors (Lipinski definition) is 0. The van der Waals surface area contributed by atoms with Crippen LogP contribution in [-0.4, -0.2) is 18.0 Å². The first kappa shape index (κ1) is 10.5. The Morgan fingerprint density at radius 2 is 2.00 bits per heavy atom. The van der Waals surface area contributed by atoms with Gasteiger partial charge in [0.2, 0.25) is 0 Å². The highest BCUT2D eigenvalue weighted by atomic mass is 16.5. The lowest BCUT2D eigenvalue weighted by Gasteiger charge is -2.08. The van der Waals surface area contributed by atoms with E-state index < -0.39 is 0 Å². The third kappa shape index (κ3) is 2.66. The molecule has 1 fully saturated rings. The summed E-state index contributed by atoms with van der Waals surface area (Å²) in [6, 6.07) is 0. The molecule has 0 N–H and O–H groups in total. The molecule has 0 spiro atoms. The Kier molecular flexibility index (Phi) is 3.26. The number of carbonyl (C=O) groups excluding carboxylic acids is 1. The SMILES string of the molecule is CC(=O)[C@H]1C[C@@H](C=C(C)C)O[C@H]1C. The van der Waals surface area contributed by atoms with E-state index in [1.54, 1.807) is 6.92 Å². The molecule has 13 heavy (non-hydrogen) atoms. The molecule has 0 bridgehead atoms. The standard InChI is InChI=1S/C11H18O2/c1-7(2)5-10-6-11(8(3)12)9(4)13-10/h5,9-11H,6H2,1-4H3/t9-,10+,11+/m0/s1. The van der Waals surface area contributed by atoms with Gasteiger partial charge in [-0.3, -0.25) is 4.79 Å². The van der Waals surface area contributed by atoms with Crippen molar-refractivity contribution in [2.45, 2.75) is 46.3 Å². The summed E-state index contributed by atoms with van der Waals surface area (Å²) >= 11 is 0. The van der Waals surface area contributed by atoms with Gasteiger partial charge in [-0.1, -0.05) is 11.6 Å². The largest absolute Gasteiger partial charge is 0.370 e. The second-order valence-corrected chi connectivity index (χ2v) is 4.08. The van der Waals surface area contributed by atoms with E-state index in [9.17, 15) is 4.79 Å². The number of hydrogen-bond acceptors (Lipinski definition) is 2. The summed E-state index contributed by atoms with van der Waals surface area (Å²) in [5, 5.41) is 0. The fourth-order valence-corrected chi connectivity index (χ4v) is 1.84. The van der Waals surface area contributed by atoms with E-state index in [0.29, 0.717) is 0 Å². The van der Waals surface area contributed by atoms with E-state index in [-0.39, 0.29) is 23.9 Å². The smallest absolute Gasteiger partial charge is 0.135 e. The molecule has 1 aliphatic rings. The minimum Gasteiger partial charge on any atom is -0.370 e. The molecular weight excluding hydrogens is 164 g/mol. The fraction of sp³-hybridized carbons (Fsp3) is 0.727. The van der Waals surface area contributed by atoms with Crippen LogP contribution < -0.4 is 0 Å². The summed E-state index contributed by atoms with van der Waals surface area (Å²) in [6.45, 7) is 7.73. The van der Waals surface area contributed by atoms with Crippen molar-refractivity contribution in [3.05, 3.63) is 11.6 Å². The maximum absolute atomic E-state index is 11.2. The lowest BCUT2D eigenvalue weighted by molar-refractivity contribution is -0.122. The van der Waals surface area contributed by atoms with E-state index in [2.05, 4.69) is 19.9 Å². The Morgan fingerprint density at radius 1 is 1.38 bits per heavy atom. The van der Waals surface area contributed by atoms with Crippen molar-refractivity contribution in [1.82, 2.24) is 0 Å². The zero-order valence-corrected chi connectivity index (χ0v) is 8.83. The lowest BCUT2D eigenvalue weighted by Crippen LogP contribution is -2.18. The monoisotopic (exact) mass is 182 g/mol. The van der Waals surface area contributed by atoms with Crippen molar-refractivity contribution in [3.63, 3.8) is 0 Å². The van der Waals surface area contributed by atoms with Gasteiger partial charge in [-0.15, -0.1) is 0 Å². The molecule has 0 amide bonds. The van der Waals surface area contributed by atoms with Crippen LogP contribution in [0.3, 0.4) is 0 Å². The Bertz CT molecular complexity index is 226. The molecule has 0 aromatic carbocycles. The van der Waals surface area contributed by atoms with Crippen molar-refractivity contribution < 1.29 is 9.53 Å². The average Bonchev–Trinajstić information content (AvgIpc) is 2.29. The molecule has 2 nitrogen and oxygen atoms in total. The zero-order valence-electron chi connectivity index (χ0n) is 8.83. The van der Waals surface area contributed by atoms with Crippen LogP contribution in [0.4, 0.5) is 0 Å². The number of Topliss-reactive ketones (excluding diaryl/α,β-unsaturated/α-hetero) is 1. The van der Waals surface area contributed by atoms with Crippen molar-refractivity contribution in [3.8, 4) is 0 Å². The molecule has 0 aromatic heterocycles. The Morgan fingerprint density at radius 3 is 2.38 bits per heavy atom. The minimum atomic E-state index is 0.0816. The van der Waals surface area contributed by atoms with Gasteiger partial charge >= 0.3 is 0 Å². The van der Waals surface area contributed by atoms with Gasteiger partial charge < -0.3 is 4.74 Å². The maximum atomic E-state index is 11.2. The van der Waals surface area contributed by atoms with Gasteiger partial charge in [-0.2, -0.15) is 0 Å². The highest BCUT2D eigenvalue weighted by Crippen LogP contribution is 2.28. The maximum Gasteiger partial charge on any atom is 0.135 e. The molecule has 0 unspecified atom stereocenters. The predicted octanol–water partition coefficient (Wildman–Crippen LogP) is 2.34. The van der Waals surface area contributed by atoms with Gasteiger partial charge in [-0.25, -0.2) is 0 Å². The normalized spacial score (nSPS) is 33.1. The van der Waals surface area contributed by atoms with E-state index >= 15 is 0 Å². The van der Waals surface area contributed by atoms with Gasteiger partial charge in [0.15, 0.2) is 0 Å². The van der Waals surface area contributed by atoms with Crippen molar-refractivity contribution in [2.75, 3.05) is 0 Å². The number of carbonyl (C=O) groups is 1. The van der Waals surface area contributed by atoms with E-state index in [1.165, 1.54) is 5.57 Å². The summed E-state index contributed by atoms with van der Waals surface area (Å²) in [5.74, 6) is 0.345. The molecule has 1 aliphatic heterocycles. The van der Waals surface area contributed by atoms with Crippen molar-refractivity contribution in [1.29, 1.82) is 0 Å². The summed E-state index contributed by atoms with van der Waals surface area (Å²) < 4.78 is 5.65. The third-order valence-electron chi connectivity index (χ3n) is 2.48. The predicted molar refractivity (Wildman–Crippen MR) is 52.6 cm³/mol. The van der Waals surface area contributed by atoms with Gasteiger partial charge in [0.05, 0.1) is 12.2 Å². The topological polar surface area (TPSA) is 26.3 Å². The minimum absolute atomic E-state index is 0.0816. The van der Waals surface area contributed by atoms with Gasteiger partial charge in [0.1, 0.15) is 5.78 Å². The Labute approximate surface area is 80.0 Å². The van der Waals surface area contributed by atoms with Crippen LogP contribution in [0.15, 0.2) is 11.6 Å². The number of ether oxygens (including phenoxy) is 1. The Hall–Kier alpha value is -0.630. The lowest BCUT2D eigenvalue weighted by atomic mass is 9.96. The van der Waals surface area contributed by atoms with Crippen LogP contribution in [0.5, 0.6) is 0 Å². The molecule has 1 saturated heterocycles. The van der Waals surface area contributed by atoms with Gasteiger partial charge in [-0.05, 0) is 34.1 Å². The summed E-state index contributed by atoms with van der Waals surface area (Å²) in [6.07, 6.45) is 3.17. The van der Waals surface area contributed by atoms with Gasteiger partial charge in [0.25, 0.3) is 0 Å². The summed E-state index contributed by atoms with van der Waals surface area (Å²) in [4.78, 5) is 11.2. The highest BCUT2D eigenvalue weighted by Gasteiger charge is 2.33. The average molecular weight is 182 g/mol. The highest BCUT2D eigenvalue weighted by molar-refractivity contribution is 5.79. The van der Waals surface area contributed by atoms with Crippen LogP contribution in [0.25, 0.3) is 0 Å². The molecular formula is C11H18O2. The fourth-order valence-electron chi connectivity index (χ4n) is 1.84. The van der Waals surface area contributed by atoms with Crippen LogP contribution >= 0.6 is 0 Å². The molecule has 0 aliphatic carbocycles. The van der Waals surface area contributed by atoms with Crippen LogP contribution in [0, 0.1) is 5.92 Å². The second kappa shape index (κ2) is 4.05. The van der Waals surface area contributed by atoms with E-state index in [4.69, 9.17) is 4.74 Å². The summed E-state index contributed by atoms with van der Waals surface area (Å²) in [5.41, 5.74) is 1.25. The number of rotatable bonds is 2. The van der Waals surface area contributed by atoms with Crippen LogP contribution in [0.1, 0.15) is 34.1 Å². The molecule has 0 radical (unpaired) electrons. The van der Waals surface area contributed by atoms with Gasteiger partial charge in [0, 0.05) is 5.92 Å². The number of ketones is 1. The first-order chi connectivity index (χ1) is 6.00. The number of allylic oxidation sites excluding steroid dienone is 1. The summed E-state index contributed by atoms with van der Waals surface area (Å²) in [7, 11) is 0. The Balaban J connectivity index is 2.60. The first-order valence-electron chi connectivity index (χ1n) is 4.81.